The van der Waals surface area contributed by atoms with Crippen LogP contribution >= 0.6 is 0 Å². The van der Waals surface area contributed by atoms with E-state index in [4.69, 9.17) is 13.9 Å². The summed E-state index contributed by atoms with van der Waals surface area (Å²) in [5, 5.41) is 11.1. The zero-order chi connectivity index (χ0) is 20.1. The van der Waals surface area contributed by atoms with Crippen LogP contribution in [0.4, 0.5) is 10.1 Å². The van der Waals surface area contributed by atoms with E-state index in [0.717, 1.165) is 0 Å². The minimum atomic E-state index is -0.671. The Kier molecular flexibility index (Phi) is 5.64. The van der Waals surface area contributed by atoms with E-state index in [1.54, 1.807) is 12.1 Å². The third kappa shape index (κ3) is 4.50. The van der Waals surface area contributed by atoms with Gasteiger partial charge in [-0.1, -0.05) is 0 Å². The Morgan fingerprint density at radius 1 is 1.25 bits per heavy atom. The average Bonchev–Trinajstić information content (AvgIpc) is 3.16. The van der Waals surface area contributed by atoms with Crippen LogP contribution in [0, 0.1) is 15.9 Å². The van der Waals surface area contributed by atoms with Gasteiger partial charge >= 0.3 is 11.7 Å². The number of rotatable bonds is 7. The highest BCUT2D eigenvalue weighted by molar-refractivity contribution is 5.74. The number of aromatic nitrogens is 1. The van der Waals surface area contributed by atoms with Crippen LogP contribution in [0.25, 0.3) is 11.3 Å². The number of oxazole rings is 1. The largest absolute Gasteiger partial charge is 0.496 e. The van der Waals surface area contributed by atoms with E-state index >= 15 is 0 Å². The predicted molar refractivity (Wildman–Crippen MR) is 95.5 cm³/mol. The lowest BCUT2D eigenvalue weighted by Crippen LogP contribution is -2.10. The second kappa shape index (κ2) is 8.30. The first-order chi connectivity index (χ1) is 13.5. The summed E-state index contributed by atoms with van der Waals surface area (Å²) in [7, 11) is 1.38. The van der Waals surface area contributed by atoms with Gasteiger partial charge in [0.25, 0.3) is 0 Å². The molecule has 28 heavy (non-hydrogen) atoms. The number of halogens is 1. The normalized spacial score (nSPS) is 10.5. The van der Waals surface area contributed by atoms with E-state index in [1.165, 1.54) is 43.6 Å². The van der Waals surface area contributed by atoms with Gasteiger partial charge < -0.3 is 13.9 Å². The Bertz CT molecular complexity index is 1000. The molecular formula is C19H15FN2O6. The highest BCUT2D eigenvalue weighted by Crippen LogP contribution is 2.31. The van der Waals surface area contributed by atoms with Crippen LogP contribution in [0.1, 0.15) is 12.3 Å². The van der Waals surface area contributed by atoms with E-state index < -0.39 is 10.9 Å². The molecule has 0 atom stereocenters. The molecule has 1 heterocycles. The highest BCUT2D eigenvalue weighted by atomic mass is 19.1. The van der Waals surface area contributed by atoms with Crippen molar-refractivity contribution in [2.45, 2.75) is 12.8 Å². The number of methoxy groups -OCH3 is 1. The molecule has 0 aliphatic carbocycles. The van der Waals surface area contributed by atoms with Crippen LogP contribution in [0.5, 0.6) is 11.5 Å². The number of hydrogen-bond donors (Lipinski definition) is 0. The molecule has 0 saturated heterocycles. The number of hydrogen-bond acceptors (Lipinski definition) is 7. The SMILES string of the molecule is COc1ccc(OC(=O)CCc2ncc(-c3ccc(F)cc3)o2)c([N+](=O)[O-])c1. The standard InChI is InChI=1S/C19H15FN2O6/c1-26-14-6-7-16(15(10-14)22(24)25)28-19(23)9-8-18-21-11-17(27-18)12-2-4-13(20)5-3-12/h2-7,10-11H,8-9H2,1H3. The summed E-state index contributed by atoms with van der Waals surface area (Å²) in [6, 6.07) is 9.64. The van der Waals surface area contributed by atoms with Crippen molar-refractivity contribution in [1.82, 2.24) is 4.98 Å². The summed E-state index contributed by atoms with van der Waals surface area (Å²) in [6.07, 6.45) is 1.53. The van der Waals surface area contributed by atoms with Gasteiger partial charge in [-0.15, -0.1) is 0 Å². The fourth-order valence-electron chi connectivity index (χ4n) is 2.41. The molecule has 0 N–H and O–H groups in total. The molecule has 1 aromatic heterocycles. The van der Waals surface area contributed by atoms with Crippen molar-refractivity contribution in [3.63, 3.8) is 0 Å². The van der Waals surface area contributed by atoms with Crippen LogP contribution in [-0.2, 0) is 11.2 Å². The molecule has 0 spiro atoms. The van der Waals surface area contributed by atoms with Gasteiger partial charge in [0, 0.05) is 12.0 Å². The second-order valence-electron chi connectivity index (χ2n) is 5.69. The maximum absolute atomic E-state index is 13.0. The van der Waals surface area contributed by atoms with Crippen molar-refractivity contribution in [3.8, 4) is 22.8 Å². The third-order valence-corrected chi connectivity index (χ3v) is 3.81. The van der Waals surface area contributed by atoms with Crippen molar-refractivity contribution in [3.05, 3.63) is 70.5 Å². The third-order valence-electron chi connectivity index (χ3n) is 3.81. The maximum Gasteiger partial charge on any atom is 0.315 e. The Morgan fingerprint density at radius 2 is 2.00 bits per heavy atom. The van der Waals surface area contributed by atoms with Gasteiger partial charge in [0.2, 0.25) is 5.75 Å². The first-order valence-electron chi connectivity index (χ1n) is 8.20. The number of esters is 1. The van der Waals surface area contributed by atoms with Crippen LogP contribution in [0.2, 0.25) is 0 Å². The van der Waals surface area contributed by atoms with Crippen LogP contribution in [0.3, 0.4) is 0 Å². The van der Waals surface area contributed by atoms with Crippen LogP contribution in [-0.4, -0.2) is 23.0 Å². The zero-order valence-electron chi connectivity index (χ0n) is 14.8. The fourth-order valence-corrected chi connectivity index (χ4v) is 2.41. The van der Waals surface area contributed by atoms with Crippen molar-refractivity contribution in [2.75, 3.05) is 7.11 Å². The number of aryl methyl sites for hydroxylation is 1. The average molecular weight is 386 g/mol. The quantitative estimate of drug-likeness (QED) is 0.262. The van der Waals surface area contributed by atoms with E-state index in [9.17, 15) is 19.3 Å². The number of carbonyl (C=O) groups is 1. The summed E-state index contributed by atoms with van der Waals surface area (Å²) < 4.78 is 28.5. The van der Waals surface area contributed by atoms with Gasteiger partial charge in [0.1, 0.15) is 11.6 Å². The summed E-state index contributed by atoms with van der Waals surface area (Å²) >= 11 is 0. The molecular weight excluding hydrogens is 371 g/mol. The van der Waals surface area contributed by atoms with E-state index in [0.29, 0.717) is 17.2 Å². The monoisotopic (exact) mass is 386 g/mol. The molecule has 0 radical (unpaired) electrons. The molecule has 144 valence electrons. The molecule has 0 bridgehead atoms. The smallest absolute Gasteiger partial charge is 0.315 e. The molecule has 0 unspecified atom stereocenters. The highest BCUT2D eigenvalue weighted by Gasteiger charge is 2.20. The molecule has 0 fully saturated rings. The lowest BCUT2D eigenvalue weighted by molar-refractivity contribution is -0.385. The summed E-state index contributed by atoms with van der Waals surface area (Å²) in [6.45, 7) is 0. The summed E-state index contributed by atoms with van der Waals surface area (Å²) in [4.78, 5) is 26.6. The molecule has 0 saturated carbocycles. The number of carbonyl (C=O) groups excluding carboxylic acids is 1. The molecule has 8 nitrogen and oxygen atoms in total. The summed E-state index contributed by atoms with van der Waals surface area (Å²) in [5.74, 6) is -0.196. The predicted octanol–water partition coefficient (Wildman–Crippen LogP) is 3.94. The van der Waals surface area contributed by atoms with Crippen molar-refractivity contribution in [1.29, 1.82) is 0 Å². The second-order valence-corrected chi connectivity index (χ2v) is 5.69. The number of nitro benzene ring substituents is 1. The van der Waals surface area contributed by atoms with E-state index in [-0.39, 0.29) is 35.8 Å². The summed E-state index contributed by atoms with van der Waals surface area (Å²) in [5.41, 5.74) is 0.277. The van der Waals surface area contributed by atoms with Gasteiger partial charge in [-0.3, -0.25) is 14.9 Å². The molecule has 3 rings (SSSR count). The Labute approximate surface area is 158 Å². The lowest BCUT2D eigenvalue weighted by Gasteiger charge is -2.06. The minimum Gasteiger partial charge on any atom is -0.496 e. The number of nitro groups is 1. The molecule has 9 heteroatoms. The molecule has 0 aliphatic heterocycles. The Hall–Kier alpha value is -3.75. The van der Waals surface area contributed by atoms with Gasteiger partial charge in [-0.2, -0.15) is 0 Å². The maximum atomic E-state index is 13.0. The van der Waals surface area contributed by atoms with Gasteiger partial charge in [0.05, 0.1) is 30.7 Å². The van der Waals surface area contributed by atoms with Crippen molar-refractivity contribution >= 4 is 11.7 Å². The van der Waals surface area contributed by atoms with Crippen LogP contribution in [0.15, 0.2) is 53.1 Å². The van der Waals surface area contributed by atoms with E-state index in [2.05, 4.69) is 4.98 Å². The number of benzene rings is 2. The topological polar surface area (TPSA) is 105 Å². The molecule has 2 aromatic carbocycles. The molecule has 0 aliphatic rings. The van der Waals surface area contributed by atoms with Crippen molar-refractivity contribution in [2.24, 2.45) is 0 Å². The van der Waals surface area contributed by atoms with Crippen molar-refractivity contribution < 1.29 is 28.0 Å². The Balaban J connectivity index is 1.62. The van der Waals surface area contributed by atoms with Gasteiger partial charge in [-0.05, 0) is 36.4 Å². The Morgan fingerprint density at radius 3 is 2.68 bits per heavy atom. The fraction of sp³-hybridized carbons (Fsp3) is 0.158. The lowest BCUT2D eigenvalue weighted by atomic mass is 10.2. The first-order valence-corrected chi connectivity index (χ1v) is 8.20. The first kappa shape index (κ1) is 19.0. The zero-order valence-corrected chi connectivity index (χ0v) is 14.8. The minimum absolute atomic E-state index is 0.0907. The molecule has 3 aromatic rings. The van der Waals surface area contributed by atoms with Crippen LogP contribution < -0.4 is 9.47 Å². The van der Waals surface area contributed by atoms with E-state index in [1.807, 2.05) is 0 Å². The molecule has 0 amide bonds. The number of nitrogens with zero attached hydrogens (tertiary/aromatic N) is 2. The number of ether oxygens (including phenoxy) is 2. The van der Waals surface area contributed by atoms with Gasteiger partial charge in [-0.25, -0.2) is 9.37 Å². The van der Waals surface area contributed by atoms with Gasteiger partial charge in [0.15, 0.2) is 11.7 Å².